The van der Waals surface area contributed by atoms with E-state index in [2.05, 4.69) is 4.74 Å². The number of rotatable bonds is 2. The lowest BCUT2D eigenvalue weighted by Gasteiger charge is -2.20. The molecule has 2 saturated heterocycles. The van der Waals surface area contributed by atoms with Crippen LogP contribution in [0.2, 0.25) is 0 Å². The molecule has 6 heteroatoms. The molecule has 88 valence electrons. The highest BCUT2D eigenvalue weighted by molar-refractivity contribution is 5.98. The lowest BCUT2D eigenvalue weighted by Crippen LogP contribution is -2.41. The van der Waals surface area contributed by atoms with E-state index in [1.807, 2.05) is 0 Å². The number of nitrogens with zero attached hydrogens (tertiary/aromatic N) is 2. The number of amides is 3. The van der Waals surface area contributed by atoms with Gasteiger partial charge in [0, 0.05) is 19.5 Å². The Morgan fingerprint density at radius 1 is 1.50 bits per heavy atom. The first kappa shape index (κ1) is 10.9. The van der Waals surface area contributed by atoms with Crippen LogP contribution in [0.25, 0.3) is 0 Å². The zero-order chi connectivity index (χ0) is 11.7. The topological polar surface area (TPSA) is 66.9 Å². The van der Waals surface area contributed by atoms with Crippen molar-refractivity contribution in [2.75, 3.05) is 19.7 Å². The van der Waals surface area contributed by atoms with Crippen molar-refractivity contribution in [3.8, 4) is 0 Å². The van der Waals surface area contributed by atoms with Gasteiger partial charge in [0.2, 0.25) is 5.91 Å². The Bertz CT molecular complexity index is 326. The van der Waals surface area contributed by atoms with E-state index < -0.39 is 6.09 Å². The van der Waals surface area contributed by atoms with Crippen molar-refractivity contribution in [3.63, 3.8) is 0 Å². The molecule has 0 aliphatic carbocycles. The first-order valence-electron chi connectivity index (χ1n) is 5.40. The zero-order valence-corrected chi connectivity index (χ0v) is 9.14. The number of ether oxygens (including phenoxy) is 1. The average molecular weight is 226 g/mol. The summed E-state index contributed by atoms with van der Waals surface area (Å²) < 4.78 is 4.65. The van der Waals surface area contributed by atoms with Crippen LogP contribution in [-0.2, 0) is 14.3 Å². The maximum atomic E-state index is 11.4. The maximum absolute atomic E-state index is 11.4. The minimum atomic E-state index is -0.583. The summed E-state index contributed by atoms with van der Waals surface area (Å²) >= 11 is 0. The summed E-state index contributed by atoms with van der Waals surface area (Å²) in [6, 6.07) is -0.210. The van der Waals surface area contributed by atoms with Gasteiger partial charge in [-0.3, -0.25) is 9.59 Å². The second-order valence-electron chi connectivity index (χ2n) is 3.95. The summed E-state index contributed by atoms with van der Waals surface area (Å²) in [7, 11) is 0. The predicted octanol–water partition coefficient (Wildman–Crippen LogP) is -0.0239. The summed E-state index contributed by atoms with van der Waals surface area (Å²) in [5, 5.41) is 0. The SMILES string of the molecule is CCC(=O)N1CCC(N2C(=O)COC2=O)C1. The Kier molecular flexibility index (Phi) is 2.80. The second kappa shape index (κ2) is 4.11. The molecule has 0 spiro atoms. The van der Waals surface area contributed by atoms with Crippen molar-refractivity contribution < 1.29 is 19.1 Å². The van der Waals surface area contributed by atoms with Crippen LogP contribution in [0.3, 0.4) is 0 Å². The molecule has 2 aliphatic heterocycles. The molecule has 2 fully saturated rings. The standard InChI is InChI=1S/C10H14N2O4/c1-2-8(13)11-4-3-7(5-11)12-9(14)6-16-10(12)15/h7H,2-6H2,1H3. The molecule has 2 heterocycles. The first-order valence-corrected chi connectivity index (χ1v) is 5.40. The second-order valence-corrected chi connectivity index (χ2v) is 3.95. The van der Waals surface area contributed by atoms with Crippen LogP contribution in [0.5, 0.6) is 0 Å². The molecule has 0 N–H and O–H groups in total. The third-order valence-corrected chi connectivity index (χ3v) is 2.97. The average Bonchev–Trinajstić information content (AvgIpc) is 2.85. The molecule has 0 radical (unpaired) electrons. The fraction of sp³-hybridized carbons (Fsp3) is 0.700. The van der Waals surface area contributed by atoms with Crippen LogP contribution in [0, 0.1) is 0 Å². The van der Waals surface area contributed by atoms with Crippen molar-refractivity contribution in [1.29, 1.82) is 0 Å². The Balaban J connectivity index is 2.00. The number of hydrogen-bond donors (Lipinski definition) is 0. The molecule has 0 saturated carbocycles. The molecule has 2 aliphatic rings. The summed E-state index contributed by atoms with van der Waals surface area (Å²) in [6.45, 7) is 2.67. The highest BCUT2D eigenvalue weighted by Gasteiger charge is 2.40. The van der Waals surface area contributed by atoms with Crippen LogP contribution in [0.1, 0.15) is 19.8 Å². The van der Waals surface area contributed by atoms with Crippen molar-refractivity contribution in [2.45, 2.75) is 25.8 Å². The Labute approximate surface area is 93.1 Å². The molecular weight excluding hydrogens is 212 g/mol. The van der Waals surface area contributed by atoms with E-state index in [4.69, 9.17) is 0 Å². The predicted molar refractivity (Wildman–Crippen MR) is 53.5 cm³/mol. The molecule has 16 heavy (non-hydrogen) atoms. The molecule has 1 unspecified atom stereocenters. The van der Waals surface area contributed by atoms with Gasteiger partial charge >= 0.3 is 6.09 Å². The van der Waals surface area contributed by atoms with Crippen LogP contribution in [0.4, 0.5) is 4.79 Å². The van der Waals surface area contributed by atoms with Crippen molar-refractivity contribution in [2.24, 2.45) is 0 Å². The Morgan fingerprint density at radius 3 is 2.81 bits per heavy atom. The maximum Gasteiger partial charge on any atom is 0.417 e. The smallest absolute Gasteiger partial charge is 0.417 e. The molecule has 1 atom stereocenters. The number of carbonyl (C=O) groups is 3. The number of likely N-dealkylation sites (tertiary alicyclic amines) is 1. The third-order valence-electron chi connectivity index (χ3n) is 2.97. The molecule has 0 aromatic heterocycles. The minimum Gasteiger partial charge on any atom is -0.439 e. The van der Waals surface area contributed by atoms with E-state index in [-0.39, 0.29) is 24.5 Å². The van der Waals surface area contributed by atoms with E-state index in [1.54, 1.807) is 11.8 Å². The molecule has 3 amide bonds. The summed E-state index contributed by atoms with van der Waals surface area (Å²) in [5.41, 5.74) is 0. The monoisotopic (exact) mass is 226 g/mol. The van der Waals surface area contributed by atoms with Crippen molar-refractivity contribution in [3.05, 3.63) is 0 Å². The minimum absolute atomic E-state index is 0.0579. The molecule has 6 nitrogen and oxygen atoms in total. The van der Waals surface area contributed by atoms with E-state index >= 15 is 0 Å². The van der Waals surface area contributed by atoms with Gasteiger partial charge in [0.25, 0.3) is 5.91 Å². The van der Waals surface area contributed by atoms with Gasteiger partial charge in [-0.15, -0.1) is 0 Å². The quantitative estimate of drug-likeness (QED) is 0.663. The molecule has 2 rings (SSSR count). The number of hydrogen-bond acceptors (Lipinski definition) is 4. The van der Waals surface area contributed by atoms with Gasteiger partial charge in [0.1, 0.15) is 0 Å². The van der Waals surface area contributed by atoms with Gasteiger partial charge in [-0.2, -0.15) is 0 Å². The lowest BCUT2D eigenvalue weighted by molar-refractivity contribution is -0.131. The highest BCUT2D eigenvalue weighted by atomic mass is 16.6. The van der Waals surface area contributed by atoms with Crippen LogP contribution in [-0.4, -0.2) is 53.4 Å². The Morgan fingerprint density at radius 2 is 2.25 bits per heavy atom. The molecule has 0 aromatic rings. The number of cyclic esters (lactones) is 1. The van der Waals surface area contributed by atoms with Crippen molar-refractivity contribution in [1.82, 2.24) is 9.80 Å². The number of imide groups is 1. The first-order chi connectivity index (χ1) is 7.63. The van der Waals surface area contributed by atoms with Crippen LogP contribution < -0.4 is 0 Å². The van der Waals surface area contributed by atoms with E-state index in [9.17, 15) is 14.4 Å². The Hall–Kier alpha value is -1.59. The van der Waals surface area contributed by atoms with Gasteiger partial charge in [-0.05, 0) is 6.42 Å². The fourth-order valence-electron chi connectivity index (χ4n) is 2.12. The summed E-state index contributed by atoms with van der Waals surface area (Å²) in [5.74, 6) is -0.247. The lowest BCUT2D eigenvalue weighted by atomic mass is 10.2. The molecular formula is C10H14N2O4. The van der Waals surface area contributed by atoms with E-state index in [0.717, 1.165) is 4.90 Å². The molecule has 0 aromatic carbocycles. The fourth-order valence-corrected chi connectivity index (χ4v) is 2.12. The summed E-state index contributed by atoms with van der Waals surface area (Å²) in [4.78, 5) is 37.0. The normalized spacial score (nSPS) is 25.2. The summed E-state index contributed by atoms with van der Waals surface area (Å²) in [6.07, 6.45) is 0.512. The van der Waals surface area contributed by atoms with Crippen LogP contribution >= 0.6 is 0 Å². The van der Waals surface area contributed by atoms with E-state index in [0.29, 0.717) is 25.9 Å². The zero-order valence-electron chi connectivity index (χ0n) is 9.14. The van der Waals surface area contributed by atoms with E-state index in [1.165, 1.54) is 0 Å². The van der Waals surface area contributed by atoms with Gasteiger partial charge in [0.15, 0.2) is 6.61 Å². The largest absolute Gasteiger partial charge is 0.439 e. The van der Waals surface area contributed by atoms with Crippen LogP contribution in [0.15, 0.2) is 0 Å². The van der Waals surface area contributed by atoms with Gasteiger partial charge in [-0.1, -0.05) is 6.92 Å². The van der Waals surface area contributed by atoms with Gasteiger partial charge in [0.05, 0.1) is 6.04 Å². The van der Waals surface area contributed by atoms with Gasteiger partial charge < -0.3 is 9.64 Å². The highest BCUT2D eigenvalue weighted by Crippen LogP contribution is 2.20. The van der Waals surface area contributed by atoms with Gasteiger partial charge in [-0.25, -0.2) is 9.69 Å². The number of carbonyl (C=O) groups excluding carboxylic acids is 3. The third kappa shape index (κ3) is 1.75. The van der Waals surface area contributed by atoms with Crippen molar-refractivity contribution >= 4 is 17.9 Å². The molecule has 0 bridgehead atoms.